The van der Waals surface area contributed by atoms with Crippen LogP contribution in [0.2, 0.25) is 0 Å². The Kier molecular flexibility index (Phi) is 5.23. The lowest BCUT2D eigenvalue weighted by molar-refractivity contribution is 0.0252. The molecule has 150 valence electrons. The quantitative estimate of drug-likeness (QED) is 0.299. The molecule has 0 aliphatic heterocycles. The normalized spacial score (nSPS) is 12.0. The van der Waals surface area contributed by atoms with E-state index in [4.69, 9.17) is 9.15 Å². The minimum atomic E-state index is -1.06. The molecule has 0 spiro atoms. The van der Waals surface area contributed by atoms with E-state index in [-0.39, 0.29) is 11.5 Å². The maximum absolute atomic E-state index is 13.3. The molecule has 3 aromatic carbocycles. The second kappa shape index (κ2) is 7.99. The highest BCUT2D eigenvalue weighted by atomic mass is 16.6. The Bertz CT molecular complexity index is 1210. The molecule has 4 heteroatoms. The number of hydrogen-bond acceptors (Lipinski definition) is 4. The molecule has 4 aromatic rings. The molecule has 4 nitrogen and oxygen atoms in total. The van der Waals surface area contributed by atoms with Gasteiger partial charge in [0.15, 0.2) is 6.10 Å². The summed E-state index contributed by atoms with van der Waals surface area (Å²) in [5.74, 6) is -0.819. The number of esters is 1. The van der Waals surface area contributed by atoms with Crippen LogP contribution in [0.5, 0.6) is 0 Å². The van der Waals surface area contributed by atoms with E-state index in [0.29, 0.717) is 22.3 Å². The van der Waals surface area contributed by atoms with Crippen molar-refractivity contribution in [1.29, 1.82) is 0 Å². The van der Waals surface area contributed by atoms with Crippen molar-refractivity contribution in [2.24, 2.45) is 0 Å². The maximum atomic E-state index is 13.3. The molecule has 0 unspecified atom stereocenters. The van der Waals surface area contributed by atoms with Crippen molar-refractivity contribution in [3.63, 3.8) is 0 Å². The standard InChI is InChI=1S/C26H22O4/c1-16-8-12-19(13-9-16)23(27)25(20-14-10-17(2)11-15-20)30-26(28)24-18(3)21-6-4-5-7-22(21)29-24/h4-15,25H,1-3H3/t25-/m0/s1. The summed E-state index contributed by atoms with van der Waals surface area (Å²) in [4.78, 5) is 26.3. The third-order valence-electron chi connectivity index (χ3n) is 5.21. The highest BCUT2D eigenvalue weighted by Gasteiger charge is 2.29. The van der Waals surface area contributed by atoms with Gasteiger partial charge in [0, 0.05) is 22.1 Å². The number of carbonyl (C=O) groups is 2. The summed E-state index contributed by atoms with van der Waals surface area (Å²) in [7, 11) is 0. The number of aryl methyl sites for hydroxylation is 3. The van der Waals surface area contributed by atoms with Crippen LogP contribution in [-0.2, 0) is 4.74 Å². The molecule has 0 aliphatic rings. The molecule has 0 amide bonds. The van der Waals surface area contributed by atoms with Crippen LogP contribution in [0.25, 0.3) is 11.0 Å². The van der Waals surface area contributed by atoms with Crippen LogP contribution in [0.1, 0.15) is 49.3 Å². The van der Waals surface area contributed by atoms with Crippen molar-refractivity contribution in [1.82, 2.24) is 0 Å². The summed E-state index contributed by atoms with van der Waals surface area (Å²) >= 11 is 0. The summed E-state index contributed by atoms with van der Waals surface area (Å²) < 4.78 is 11.5. The predicted molar refractivity (Wildman–Crippen MR) is 116 cm³/mol. The largest absolute Gasteiger partial charge is 0.449 e. The molecule has 0 bridgehead atoms. The number of benzene rings is 3. The minimum Gasteiger partial charge on any atom is -0.449 e. The smallest absolute Gasteiger partial charge is 0.375 e. The van der Waals surface area contributed by atoms with Crippen LogP contribution in [0.3, 0.4) is 0 Å². The zero-order valence-electron chi connectivity index (χ0n) is 17.1. The maximum Gasteiger partial charge on any atom is 0.375 e. The highest BCUT2D eigenvalue weighted by Crippen LogP contribution is 2.29. The van der Waals surface area contributed by atoms with Gasteiger partial charge in [0.05, 0.1) is 0 Å². The average molecular weight is 398 g/mol. The molecular weight excluding hydrogens is 376 g/mol. The third-order valence-corrected chi connectivity index (χ3v) is 5.21. The van der Waals surface area contributed by atoms with E-state index >= 15 is 0 Å². The van der Waals surface area contributed by atoms with Crippen LogP contribution in [-0.4, -0.2) is 11.8 Å². The first-order valence-corrected chi connectivity index (χ1v) is 9.80. The van der Waals surface area contributed by atoms with Gasteiger partial charge in [0.25, 0.3) is 0 Å². The van der Waals surface area contributed by atoms with E-state index in [2.05, 4.69) is 0 Å². The first kappa shape index (κ1) is 19.6. The SMILES string of the molecule is Cc1ccc(C(=O)[C@@H](OC(=O)c2oc3ccccc3c2C)c2ccc(C)cc2)cc1. The van der Waals surface area contributed by atoms with E-state index < -0.39 is 12.1 Å². The van der Waals surface area contributed by atoms with Crippen LogP contribution < -0.4 is 0 Å². The number of carbonyl (C=O) groups excluding carboxylic acids is 2. The van der Waals surface area contributed by atoms with Crippen LogP contribution in [0.15, 0.2) is 77.2 Å². The lowest BCUT2D eigenvalue weighted by Crippen LogP contribution is -2.20. The molecule has 0 N–H and O–H groups in total. The highest BCUT2D eigenvalue weighted by molar-refractivity contribution is 6.03. The fourth-order valence-electron chi connectivity index (χ4n) is 3.41. The van der Waals surface area contributed by atoms with Crippen molar-refractivity contribution >= 4 is 22.7 Å². The summed E-state index contributed by atoms with van der Waals surface area (Å²) in [5, 5.41) is 0.848. The minimum absolute atomic E-state index is 0.116. The van der Waals surface area contributed by atoms with Gasteiger partial charge in [-0.3, -0.25) is 4.79 Å². The average Bonchev–Trinajstić information content (AvgIpc) is 3.10. The van der Waals surface area contributed by atoms with E-state index in [1.165, 1.54) is 0 Å². The monoisotopic (exact) mass is 398 g/mol. The summed E-state index contributed by atoms with van der Waals surface area (Å²) in [5.41, 5.74) is 4.52. The van der Waals surface area contributed by atoms with E-state index in [1.54, 1.807) is 18.2 Å². The molecule has 0 aliphatic carbocycles. The number of hydrogen-bond donors (Lipinski definition) is 0. The predicted octanol–water partition coefficient (Wildman–Crippen LogP) is 6.14. The fourth-order valence-corrected chi connectivity index (χ4v) is 3.41. The van der Waals surface area contributed by atoms with Crippen molar-refractivity contribution in [2.75, 3.05) is 0 Å². The molecule has 0 radical (unpaired) electrons. The lowest BCUT2D eigenvalue weighted by atomic mass is 9.98. The van der Waals surface area contributed by atoms with Gasteiger partial charge < -0.3 is 9.15 Å². The molecule has 30 heavy (non-hydrogen) atoms. The molecule has 4 rings (SSSR count). The van der Waals surface area contributed by atoms with E-state index in [9.17, 15) is 9.59 Å². The van der Waals surface area contributed by atoms with Gasteiger partial charge in [-0.05, 0) is 26.8 Å². The Morgan fingerprint density at radius 2 is 1.40 bits per heavy atom. The third kappa shape index (κ3) is 3.77. The number of ether oxygens (including phenoxy) is 1. The Hall–Kier alpha value is -3.66. The van der Waals surface area contributed by atoms with Crippen molar-refractivity contribution in [3.8, 4) is 0 Å². The zero-order chi connectivity index (χ0) is 21.3. The van der Waals surface area contributed by atoms with Crippen LogP contribution >= 0.6 is 0 Å². The van der Waals surface area contributed by atoms with Gasteiger partial charge in [-0.25, -0.2) is 4.79 Å². The van der Waals surface area contributed by atoms with Crippen molar-refractivity contribution < 1.29 is 18.7 Å². The van der Waals surface area contributed by atoms with Crippen molar-refractivity contribution in [2.45, 2.75) is 26.9 Å². The van der Waals surface area contributed by atoms with Gasteiger partial charge in [-0.15, -0.1) is 0 Å². The number of fused-ring (bicyclic) bond motifs is 1. The topological polar surface area (TPSA) is 56.5 Å². The summed E-state index contributed by atoms with van der Waals surface area (Å²) in [6, 6.07) is 22.1. The Morgan fingerprint density at radius 1 is 0.800 bits per heavy atom. The summed E-state index contributed by atoms with van der Waals surface area (Å²) in [6.07, 6.45) is -1.06. The molecule has 1 aromatic heterocycles. The van der Waals surface area contributed by atoms with Gasteiger partial charge in [-0.1, -0.05) is 77.9 Å². The van der Waals surface area contributed by atoms with Gasteiger partial charge in [-0.2, -0.15) is 0 Å². The fraction of sp³-hybridized carbons (Fsp3) is 0.154. The number of Topliss-reactive ketones (excluding diaryl/α,β-unsaturated/α-hetero) is 1. The van der Waals surface area contributed by atoms with E-state index in [0.717, 1.165) is 16.5 Å². The second-order valence-corrected chi connectivity index (χ2v) is 7.48. The van der Waals surface area contributed by atoms with Gasteiger partial charge in [0.1, 0.15) is 5.58 Å². The molecule has 0 saturated carbocycles. The first-order chi connectivity index (χ1) is 14.4. The Morgan fingerprint density at radius 3 is 2.03 bits per heavy atom. The number of furan rings is 1. The molecule has 1 heterocycles. The van der Waals surface area contributed by atoms with Gasteiger partial charge in [0.2, 0.25) is 11.5 Å². The second-order valence-electron chi connectivity index (χ2n) is 7.48. The molecule has 0 saturated heterocycles. The molecule has 1 atom stereocenters. The van der Waals surface area contributed by atoms with Crippen LogP contribution in [0, 0.1) is 20.8 Å². The number of para-hydroxylation sites is 1. The van der Waals surface area contributed by atoms with E-state index in [1.807, 2.05) is 75.4 Å². The molecular formula is C26H22O4. The summed E-state index contributed by atoms with van der Waals surface area (Å²) in [6.45, 7) is 5.73. The number of rotatable bonds is 5. The Balaban J connectivity index is 1.70. The lowest BCUT2D eigenvalue weighted by Gasteiger charge is -2.17. The Labute approximate surface area is 175 Å². The number of ketones is 1. The van der Waals surface area contributed by atoms with Crippen molar-refractivity contribution in [3.05, 3.63) is 106 Å². The molecule has 0 fully saturated rings. The first-order valence-electron chi connectivity index (χ1n) is 9.80. The van der Waals surface area contributed by atoms with Gasteiger partial charge >= 0.3 is 5.97 Å². The zero-order valence-corrected chi connectivity index (χ0v) is 17.1. The van der Waals surface area contributed by atoms with Crippen LogP contribution in [0.4, 0.5) is 0 Å².